The predicted octanol–water partition coefficient (Wildman–Crippen LogP) is 1.02. The van der Waals surface area contributed by atoms with E-state index in [9.17, 15) is 4.79 Å². The maximum absolute atomic E-state index is 11.6. The van der Waals surface area contributed by atoms with Crippen LogP contribution in [0.3, 0.4) is 0 Å². The number of carbonyl (C=O) groups is 1. The highest BCUT2D eigenvalue weighted by atomic mass is 16.5. The third kappa shape index (κ3) is 4.94. The van der Waals surface area contributed by atoms with E-state index in [0.717, 1.165) is 0 Å². The van der Waals surface area contributed by atoms with Crippen molar-refractivity contribution in [1.82, 2.24) is 10.6 Å². The fourth-order valence-corrected chi connectivity index (χ4v) is 1.47. The average Bonchev–Trinajstić information content (AvgIpc) is 2.22. The van der Waals surface area contributed by atoms with Crippen LogP contribution in [0.15, 0.2) is 0 Å². The molecule has 16 heavy (non-hydrogen) atoms. The number of hydrogen-bond donors (Lipinski definition) is 2. The monoisotopic (exact) mass is 230 g/mol. The molecule has 0 rings (SSSR count). The van der Waals surface area contributed by atoms with Gasteiger partial charge in [-0.3, -0.25) is 4.79 Å². The van der Waals surface area contributed by atoms with Gasteiger partial charge in [-0.05, 0) is 19.8 Å². The van der Waals surface area contributed by atoms with Crippen molar-refractivity contribution in [2.24, 2.45) is 11.3 Å². The molecule has 0 aliphatic rings. The van der Waals surface area contributed by atoms with E-state index in [-0.39, 0.29) is 11.9 Å². The van der Waals surface area contributed by atoms with Gasteiger partial charge in [-0.1, -0.05) is 13.8 Å². The first-order valence-corrected chi connectivity index (χ1v) is 5.79. The Morgan fingerprint density at radius 2 is 1.94 bits per heavy atom. The van der Waals surface area contributed by atoms with Crippen molar-refractivity contribution in [2.45, 2.75) is 33.7 Å². The summed E-state index contributed by atoms with van der Waals surface area (Å²) in [6.07, 6.45) is 0. The first-order chi connectivity index (χ1) is 7.35. The zero-order chi connectivity index (χ0) is 12.8. The molecule has 96 valence electrons. The second-order valence-electron chi connectivity index (χ2n) is 5.15. The van der Waals surface area contributed by atoms with E-state index in [1.165, 1.54) is 0 Å². The molecule has 0 saturated carbocycles. The Hall–Kier alpha value is -0.610. The Labute approximate surface area is 99.1 Å². The number of ether oxygens (including phenoxy) is 1. The molecule has 4 heteroatoms. The van der Waals surface area contributed by atoms with Gasteiger partial charge in [-0.25, -0.2) is 0 Å². The lowest BCUT2D eigenvalue weighted by atomic mass is 9.91. The molecular formula is C12H26N2O2. The Morgan fingerprint density at radius 3 is 2.31 bits per heavy atom. The van der Waals surface area contributed by atoms with Crippen molar-refractivity contribution in [1.29, 1.82) is 0 Å². The molecule has 0 aromatic carbocycles. The minimum atomic E-state index is -0.393. The lowest BCUT2D eigenvalue weighted by Gasteiger charge is -2.28. The molecule has 0 fully saturated rings. The van der Waals surface area contributed by atoms with Gasteiger partial charge < -0.3 is 15.4 Å². The van der Waals surface area contributed by atoms with E-state index < -0.39 is 5.41 Å². The fraction of sp³-hybridized carbons (Fsp3) is 0.917. The Balaban J connectivity index is 4.23. The zero-order valence-electron chi connectivity index (χ0n) is 11.4. The molecule has 1 unspecified atom stereocenters. The Kier molecular flexibility index (Phi) is 6.60. The molecule has 1 atom stereocenters. The first-order valence-electron chi connectivity index (χ1n) is 5.79. The van der Waals surface area contributed by atoms with E-state index >= 15 is 0 Å². The van der Waals surface area contributed by atoms with Gasteiger partial charge in [0.05, 0.1) is 12.0 Å². The van der Waals surface area contributed by atoms with Gasteiger partial charge in [0.25, 0.3) is 0 Å². The normalized spacial score (nSPS) is 13.9. The van der Waals surface area contributed by atoms with Crippen LogP contribution < -0.4 is 10.6 Å². The summed E-state index contributed by atoms with van der Waals surface area (Å²) < 4.78 is 5.15. The summed E-state index contributed by atoms with van der Waals surface area (Å²) in [6, 6.07) is 0.286. The zero-order valence-corrected chi connectivity index (χ0v) is 11.4. The van der Waals surface area contributed by atoms with Crippen LogP contribution in [0.25, 0.3) is 0 Å². The van der Waals surface area contributed by atoms with Crippen LogP contribution in [0, 0.1) is 11.3 Å². The predicted molar refractivity (Wildman–Crippen MR) is 66.4 cm³/mol. The van der Waals surface area contributed by atoms with Gasteiger partial charge in [0.15, 0.2) is 0 Å². The van der Waals surface area contributed by atoms with Gasteiger partial charge in [0.2, 0.25) is 5.91 Å². The topological polar surface area (TPSA) is 50.4 Å². The lowest BCUT2D eigenvalue weighted by molar-refractivity contribution is -0.128. The van der Waals surface area contributed by atoms with Crippen molar-refractivity contribution >= 4 is 5.91 Å². The van der Waals surface area contributed by atoms with E-state index in [1.54, 1.807) is 14.2 Å². The number of nitrogens with one attached hydrogen (secondary N) is 2. The van der Waals surface area contributed by atoms with Gasteiger partial charge in [0.1, 0.15) is 0 Å². The van der Waals surface area contributed by atoms with Crippen LogP contribution >= 0.6 is 0 Å². The summed E-state index contributed by atoms with van der Waals surface area (Å²) in [7, 11) is 3.36. The molecule has 0 aliphatic heterocycles. The van der Waals surface area contributed by atoms with Gasteiger partial charge in [-0.2, -0.15) is 0 Å². The fourth-order valence-electron chi connectivity index (χ4n) is 1.47. The van der Waals surface area contributed by atoms with E-state index in [0.29, 0.717) is 19.1 Å². The lowest BCUT2D eigenvalue weighted by Crippen LogP contribution is -2.47. The highest BCUT2D eigenvalue weighted by Crippen LogP contribution is 2.14. The maximum atomic E-state index is 11.6. The summed E-state index contributed by atoms with van der Waals surface area (Å²) in [6.45, 7) is 9.47. The van der Waals surface area contributed by atoms with Crippen LogP contribution in [0.4, 0.5) is 0 Å². The van der Waals surface area contributed by atoms with Crippen molar-refractivity contribution in [3.8, 4) is 0 Å². The summed E-state index contributed by atoms with van der Waals surface area (Å²) in [4.78, 5) is 11.6. The maximum Gasteiger partial charge on any atom is 0.226 e. The van der Waals surface area contributed by atoms with Crippen LogP contribution in [0.1, 0.15) is 27.7 Å². The van der Waals surface area contributed by atoms with Crippen LogP contribution in [0.2, 0.25) is 0 Å². The number of methoxy groups -OCH3 is 1. The van der Waals surface area contributed by atoms with Gasteiger partial charge >= 0.3 is 0 Å². The SMILES string of the molecule is CNC(=O)C(C)(C)CNC(COC)C(C)C. The number of rotatable bonds is 7. The van der Waals surface area contributed by atoms with Crippen molar-refractivity contribution < 1.29 is 9.53 Å². The summed E-state index contributed by atoms with van der Waals surface area (Å²) in [5, 5.41) is 6.07. The molecule has 0 radical (unpaired) electrons. The molecular weight excluding hydrogens is 204 g/mol. The van der Waals surface area contributed by atoms with Crippen LogP contribution in [-0.4, -0.2) is 39.3 Å². The molecule has 0 saturated heterocycles. The molecule has 0 aromatic rings. The van der Waals surface area contributed by atoms with Crippen molar-refractivity contribution in [3.05, 3.63) is 0 Å². The summed E-state index contributed by atoms with van der Waals surface area (Å²) >= 11 is 0. The second kappa shape index (κ2) is 6.86. The number of hydrogen-bond acceptors (Lipinski definition) is 3. The van der Waals surface area contributed by atoms with Crippen molar-refractivity contribution in [2.75, 3.05) is 27.3 Å². The summed E-state index contributed by atoms with van der Waals surface area (Å²) in [5.74, 6) is 0.542. The van der Waals surface area contributed by atoms with E-state index in [2.05, 4.69) is 24.5 Å². The summed E-state index contributed by atoms with van der Waals surface area (Å²) in [5.41, 5.74) is -0.393. The third-order valence-corrected chi connectivity index (χ3v) is 2.80. The number of amides is 1. The highest BCUT2D eigenvalue weighted by molar-refractivity contribution is 5.81. The minimum absolute atomic E-state index is 0.0555. The molecule has 0 aromatic heterocycles. The standard InChI is InChI=1S/C12H26N2O2/c1-9(2)10(7-16-6)14-8-12(3,4)11(15)13-5/h9-10,14H,7-8H2,1-6H3,(H,13,15). The average molecular weight is 230 g/mol. The third-order valence-electron chi connectivity index (χ3n) is 2.80. The number of carbonyl (C=O) groups excluding carboxylic acids is 1. The molecule has 0 aliphatic carbocycles. The van der Waals surface area contributed by atoms with E-state index in [4.69, 9.17) is 4.74 Å². The second-order valence-corrected chi connectivity index (χ2v) is 5.15. The quantitative estimate of drug-likeness (QED) is 0.686. The van der Waals surface area contributed by atoms with Crippen molar-refractivity contribution in [3.63, 3.8) is 0 Å². The van der Waals surface area contributed by atoms with Crippen LogP contribution in [0.5, 0.6) is 0 Å². The molecule has 4 nitrogen and oxygen atoms in total. The molecule has 0 heterocycles. The largest absolute Gasteiger partial charge is 0.383 e. The Bertz CT molecular complexity index is 215. The van der Waals surface area contributed by atoms with E-state index in [1.807, 2.05) is 13.8 Å². The smallest absolute Gasteiger partial charge is 0.226 e. The van der Waals surface area contributed by atoms with Gasteiger partial charge in [0, 0.05) is 26.7 Å². The molecule has 1 amide bonds. The molecule has 0 bridgehead atoms. The van der Waals surface area contributed by atoms with Crippen LogP contribution in [-0.2, 0) is 9.53 Å². The minimum Gasteiger partial charge on any atom is -0.383 e. The molecule has 0 spiro atoms. The Morgan fingerprint density at radius 1 is 1.38 bits per heavy atom. The van der Waals surface area contributed by atoms with Gasteiger partial charge in [-0.15, -0.1) is 0 Å². The molecule has 2 N–H and O–H groups in total. The first kappa shape index (κ1) is 15.4. The highest BCUT2D eigenvalue weighted by Gasteiger charge is 2.27.